The van der Waals surface area contributed by atoms with Gasteiger partial charge in [0.15, 0.2) is 0 Å². The molecule has 23 rings (SSSR count). The maximum absolute atomic E-state index is 12.7. The Kier molecular flexibility index (Phi) is 37.0. The Morgan fingerprint density at radius 2 is 0.483 bits per heavy atom. The molecule has 145 heavy (non-hydrogen) atoms. The van der Waals surface area contributed by atoms with Gasteiger partial charge in [0.2, 0.25) is 11.8 Å². The third-order valence-electron chi connectivity index (χ3n) is 25.6. The molecule has 2 aromatic heterocycles. The van der Waals surface area contributed by atoms with Gasteiger partial charge in [0, 0.05) is 85.2 Å². The number of aromatic amines is 2. The van der Waals surface area contributed by atoms with E-state index in [2.05, 4.69) is 414 Å². The van der Waals surface area contributed by atoms with Crippen molar-refractivity contribution >= 4 is 157 Å². The number of rotatable bonds is 18. The molecule has 10 nitrogen and oxygen atoms in total. The molecular formula is C128H112BBrN4O6P4Pd. The molecule has 0 saturated carbocycles. The third kappa shape index (κ3) is 27.4. The minimum Gasteiger partial charge on any atom is -0.399 e. The number of hydrogen-bond acceptors (Lipinski definition) is 6. The van der Waals surface area contributed by atoms with Crippen molar-refractivity contribution in [2.75, 3.05) is 0 Å². The predicted molar refractivity (Wildman–Crippen MR) is 614 cm³/mol. The first-order chi connectivity index (χ1) is 70.5. The molecule has 1 fully saturated rings. The van der Waals surface area contributed by atoms with Gasteiger partial charge in [0.05, 0.1) is 24.0 Å². The van der Waals surface area contributed by atoms with Crippen LogP contribution in [0.3, 0.4) is 0 Å². The predicted octanol–water partition coefficient (Wildman–Crippen LogP) is 23.4. The largest absolute Gasteiger partial charge is 0.494 e. The molecule has 0 radical (unpaired) electrons. The number of aromatic nitrogens is 2. The van der Waals surface area contributed by atoms with Crippen LogP contribution in [0.4, 0.5) is 0 Å². The number of nitrogens with one attached hydrogen (secondary N) is 2. The number of hydrogen-bond donors (Lipinski definition) is 2. The van der Waals surface area contributed by atoms with Gasteiger partial charge in [-0.1, -0.05) is 497 Å². The van der Waals surface area contributed by atoms with E-state index >= 15 is 0 Å². The summed E-state index contributed by atoms with van der Waals surface area (Å²) in [4.78, 5) is 58.0. The fraction of sp³-hybridized carbons (Fsp3) is 0.0938. The fourth-order valence-corrected chi connectivity index (χ4v) is 27.2. The Morgan fingerprint density at radius 3 is 0.731 bits per heavy atom. The van der Waals surface area contributed by atoms with Crippen LogP contribution < -0.4 is 80.2 Å². The molecule has 0 spiro atoms. The maximum Gasteiger partial charge on any atom is 0.494 e. The molecule has 0 bridgehead atoms. The van der Waals surface area contributed by atoms with E-state index < -0.39 is 31.7 Å². The molecule has 1 saturated heterocycles. The van der Waals surface area contributed by atoms with Crippen LogP contribution in [0, 0.1) is 0 Å². The van der Waals surface area contributed by atoms with Gasteiger partial charge in [0.25, 0.3) is 11.1 Å². The quantitative estimate of drug-likeness (QED) is 0.0651. The van der Waals surface area contributed by atoms with E-state index in [1.807, 2.05) is 153 Å². The molecule has 20 aromatic rings. The van der Waals surface area contributed by atoms with Gasteiger partial charge in [-0.25, -0.2) is 0 Å². The van der Waals surface area contributed by atoms with Gasteiger partial charge in [-0.2, -0.15) is 0 Å². The number of H-pyrrole nitrogens is 2. The van der Waals surface area contributed by atoms with Gasteiger partial charge in [-0.15, -0.1) is 0 Å². The Labute approximate surface area is 878 Å². The molecule has 2 amide bonds. The Morgan fingerprint density at radius 1 is 0.276 bits per heavy atom. The van der Waals surface area contributed by atoms with Gasteiger partial charge >= 0.3 is 7.12 Å². The summed E-state index contributed by atoms with van der Waals surface area (Å²) in [6.45, 7) is 11.0. The number of benzene rings is 18. The number of nitrogens with zero attached hydrogens (tertiary/aromatic N) is 2. The first kappa shape index (κ1) is 104. The summed E-state index contributed by atoms with van der Waals surface area (Å²) in [7, 11) is -2.15. The molecule has 3 aliphatic heterocycles. The van der Waals surface area contributed by atoms with Crippen molar-refractivity contribution in [3.63, 3.8) is 0 Å². The van der Waals surface area contributed by atoms with Gasteiger partial charge < -0.3 is 29.1 Å². The first-order valence-corrected chi connectivity index (χ1v) is 54.6. The average Bonchev–Trinajstić information content (AvgIpc) is 1.66. The second kappa shape index (κ2) is 51.6. The molecular weight excluding hydrogens is 2010 g/mol. The molecule has 5 heterocycles. The molecule has 0 unspecified atom stereocenters. The first-order valence-electron chi connectivity index (χ1n) is 48.4. The zero-order valence-corrected chi connectivity index (χ0v) is 88.0. The number of carbonyl (C=O) groups excluding carboxylic acids is 2. The Bertz CT molecular complexity index is 6720. The average molecular weight is 2120 g/mol. The van der Waals surface area contributed by atoms with Gasteiger partial charge in [-0.05, 0) is 201 Å². The number of fused-ring (bicyclic) bond motifs is 4. The summed E-state index contributed by atoms with van der Waals surface area (Å²) < 4.78 is 13.1. The zero-order chi connectivity index (χ0) is 99.2. The van der Waals surface area contributed by atoms with Gasteiger partial charge in [0.1, 0.15) is 0 Å². The summed E-state index contributed by atoms with van der Waals surface area (Å²) in [6, 6.07) is 177. The van der Waals surface area contributed by atoms with Gasteiger partial charge in [-0.3, -0.25) is 19.2 Å². The van der Waals surface area contributed by atoms with E-state index in [9.17, 15) is 19.2 Å². The van der Waals surface area contributed by atoms with Crippen molar-refractivity contribution in [3.8, 4) is 11.1 Å². The van der Waals surface area contributed by atoms with Crippen LogP contribution in [0.2, 0.25) is 0 Å². The monoisotopic (exact) mass is 2120 g/mol. The number of pyridine rings is 2. The molecule has 17 heteroatoms. The van der Waals surface area contributed by atoms with Crippen LogP contribution in [0.25, 0.3) is 32.7 Å². The summed E-state index contributed by atoms with van der Waals surface area (Å²) in [5, 5.41) is 20.0. The summed E-state index contributed by atoms with van der Waals surface area (Å²) in [5.41, 5.74) is 9.13. The number of halogens is 1. The fourth-order valence-electron chi connectivity index (χ4n) is 17.5. The van der Waals surface area contributed by atoms with E-state index in [4.69, 9.17) is 9.31 Å². The minimum atomic E-state index is -0.446. The van der Waals surface area contributed by atoms with Crippen molar-refractivity contribution in [2.24, 2.45) is 0 Å². The molecule has 720 valence electrons. The van der Waals surface area contributed by atoms with Crippen molar-refractivity contribution in [1.29, 1.82) is 0 Å². The van der Waals surface area contributed by atoms with Crippen molar-refractivity contribution in [3.05, 3.63) is 581 Å². The van der Waals surface area contributed by atoms with Crippen molar-refractivity contribution in [2.45, 2.75) is 77.9 Å². The van der Waals surface area contributed by atoms with E-state index in [1.165, 1.54) is 85.9 Å². The van der Waals surface area contributed by atoms with Crippen LogP contribution in [0.1, 0.15) is 61.1 Å². The minimum absolute atomic E-state index is 0. The molecule has 2 N–H and O–H groups in total. The third-order valence-corrected chi connectivity index (χ3v) is 36.0. The second-order valence-electron chi connectivity index (χ2n) is 35.9. The summed E-state index contributed by atoms with van der Waals surface area (Å²) in [6.07, 6.45) is 4.22. The normalized spacial score (nSPS) is 12.7. The van der Waals surface area contributed by atoms with Crippen LogP contribution in [-0.4, -0.2) is 49.9 Å². The SMILES string of the molecule is CC1(C)OB(c2ccc(CC(=O)N3Cc4ccccc4C3)cc2)OC1(C)C.O=C(Cc1ccc(-c2c[nH]c(=O)c3ccccc23)cc1)N1Cc2ccccc2C1.O=c1[nH]cc(Br)c2ccccc12.[Pd].c1ccc(P(c2ccccc2)c2ccccc2)cc1.c1ccc(P(c2ccccc2)c2ccccc2)cc1.c1ccc(P(c2ccccc2)c2ccccc2)cc1.c1ccc(P(c2ccccc2)c2ccccc2)cc1. The van der Waals surface area contributed by atoms with Crippen LogP contribution >= 0.6 is 47.6 Å². The van der Waals surface area contributed by atoms with Crippen molar-refractivity contribution in [1.82, 2.24) is 19.8 Å². The van der Waals surface area contributed by atoms with E-state index in [0.717, 1.165) is 43.0 Å². The Hall–Kier alpha value is -13.8. The summed E-state index contributed by atoms with van der Waals surface area (Å²) in [5.74, 6) is 0.304. The molecule has 3 aliphatic rings. The summed E-state index contributed by atoms with van der Waals surface area (Å²) >= 11 is 3.36. The van der Waals surface area contributed by atoms with E-state index in [-0.39, 0.29) is 61.7 Å². The van der Waals surface area contributed by atoms with E-state index in [0.29, 0.717) is 49.8 Å². The smallest absolute Gasteiger partial charge is 0.399 e. The van der Waals surface area contributed by atoms with E-state index in [1.54, 1.807) is 18.5 Å². The number of carbonyl (C=O) groups is 2. The molecule has 0 atom stereocenters. The molecule has 0 aliphatic carbocycles. The molecule has 18 aromatic carbocycles. The second-order valence-corrected chi connectivity index (χ2v) is 45.6. The van der Waals surface area contributed by atoms with Crippen molar-refractivity contribution < 1.29 is 39.3 Å². The van der Waals surface area contributed by atoms with Crippen LogP contribution in [0.5, 0.6) is 0 Å². The maximum atomic E-state index is 12.7. The van der Waals surface area contributed by atoms with Crippen LogP contribution in [-0.2, 0) is 78.3 Å². The topological polar surface area (TPSA) is 125 Å². The zero-order valence-electron chi connectivity index (χ0n) is 81.3. The Balaban J connectivity index is 0.000000123. The van der Waals surface area contributed by atoms with Crippen LogP contribution in [0.15, 0.2) is 536 Å². The standard InChI is InChI=1S/C25H20N2O2.C22H26BNO3.4C18H15P.C9H6BrNO.Pd/c28-24(27-15-19-5-1-2-6-20(19)16-27)13-17-9-11-18(12-10-17)23-14-26-25(29)22-8-4-3-7-21(22)23;1-21(2)22(3,4)27-23(26-21)19-11-9-16(10-12-19)13-20(25)24-14-17-7-5-6-8-18(17)15-24;4*1-4-10-16(11-5-1)19(17-12-6-2-7-13-17)18-14-8-3-9-15-18;10-8-5-11-9(12)7-4-2-1-3-6(7)8;/h1-12,14H,13,15-16H2,(H,26,29);5-12H,13-15H2,1-4H3;4*1-15H;1-5H,(H,11,12);. The number of amides is 2.